The molecule has 1 saturated heterocycles. The van der Waals surface area contributed by atoms with E-state index in [0.29, 0.717) is 0 Å². The average molecular weight is 302 g/mol. The Balaban J connectivity index is 2.14. The highest BCUT2D eigenvalue weighted by molar-refractivity contribution is 6.64. The fourth-order valence-corrected chi connectivity index (χ4v) is 2.85. The Morgan fingerprint density at radius 1 is 1.14 bits per heavy atom. The van der Waals surface area contributed by atoms with Crippen molar-refractivity contribution in [3.05, 3.63) is 28.7 Å². The molecule has 5 nitrogen and oxygen atoms in total. The van der Waals surface area contributed by atoms with E-state index in [1.54, 1.807) is 4.57 Å². The van der Waals surface area contributed by atoms with Crippen molar-refractivity contribution in [1.82, 2.24) is 9.55 Å². The van der Waals surface area contributed by atoms with Gasteiger partial charge in [0.25, 0.3) is 0 Å². The lowest BCUT2D eigenvalue weighted by molar-refractivity contribution is 0.00578. The van der Waals surface area contributed by atoms with Crippen LogP contribution in [0.5, 0.6) is 0 Å². The standard InChI is InChI=1S/C16H23BN2O3/c1-10(2)19-12-9-7-8-11(13(12)18-14(19)20)17-21-15(3,4)16(5,6)22-17/h7-10H,1-6H3,(H,18,20). The van der Waals surface area contributed by atoms with E-state index in [1.165, 1.54) is 0 Å². The molecule has 0 spiro atoms. The molecule has 0 bridgehead atoms. The van der Waals surface area contributed by atoms with E-state index in [4.69, 9.17) is 9.31 Å². The van der Waals surface area contributed by atoms with Gasteiger partial charge in [0.05, 0.1) is 22.2 Å². The minimum absolute atomic E-state index is 0.0924. The number of rotatable bonds is 2. The Labute approximate surface area is 130 Å². The lowest BCUT2D eigenvalue weighted by Crippen LogP contribution is -2.41. The molecule has 1 aliphatic rings. The van der Waals surface area contributed by atoms with Crippen molar-refractivity contribution in [3.8, 4) is 0 Å². The summed E-state index contributed by atoms with van der Waals surface area (Å²) in [5.41, 5.74) is 1.63. The molecule has 1 fully saturated rings. The van der Waals surface area contributed by atoms with Gasteiger partial charge in [-0.05, 0) is 47.6 Å². The van der Waals surface area contributed by atoms with Crippen molar-refractivity contribution in [3.63, 3.8) is 0 Å². The molecular weight excluding hydrogens is 279 g/mol. The Morgan fingerprint density at radius 3 is 2.27 bits per heavy atom. The number of hydrogen-bond acceptors (Lipinski definition) is 3. The second-order valence-electron chi connectivity index (χ2n) is 7.22. The fourth-order valence-electron chi connectivity index (χ4n) is 2.85. The maximum Gasteiger partial charge on any atom is 0.497 e. The van der Waals surface area contributed by atoms with Gasteiger partial charge in [-0.2, -0.15) is 0 Å². The minimum Gasteiger partial charge on any atom is -0.399 e. The van der Waals surface area contributed by atoms with Crippen molar-refractivity contribution in [2.45, 2.75) is 58.8 Å². The molecular formula is C16H23BN2O3. The molecule has 22 heavy (non-hydrogen) atoms. The summed E-state index contributed by atoms with van der Waals surface area (Å²) in [6, 6.07) is 5.93. The summed E-state index contributed by atoms with van der Waals surface area (Å²) < 4.78 is 14.0. The van der Waals surface area contributed by atoms with Gasteiger partial charge in [-0.1, -0.05) is 12.1 Å². The number of para-hydroxylation sites is 1. The third-order valence-corrected chi connectivity index (χ3v) is 4.81. The molecule has 0 unspecified atom stereocenters. The number of fused-ring (bicyclic) bond motifs is 1. The van der Waals surface area contributed by atoms with Crippen LogP contribution in [0.25, 0.3) is 11.0 Å². The molecule has 118 valence electrons. The summed E-state index contributed by atoms with van der Waals surface area (Å²) in [4.78, 5) is 15.2. The number of benzene rings is 1. The quantitative estimate of drug-likeness (QED) is 0.865. The molecule has 2 aromatic rings. The van der Waals surface area contributed by atoms with Gasteiger partial charge in [-0.25, -0.2) is 4.79 Å². The van der Waals surface area contributed by atoms with E-state index in [0.717, 1.165) is 16.5 Å². The van der Waals surface area contributed by atoms with Crippen LogP contribution in [0.2, 0.25) is 0 Å². The van der Waals surface area contributed by atoms with Gasteiger partial charge in [0.15, 0.2) is 0 Å². The lowest BCUT2D eigenvalue weighted by Gasteiger charge is -2.32. The summed E-state index contributed by atoms with van der Waals surface area (Å²) in [7, 11) is -0.479. The van der Waals surface area contributed by atoms with Crippen LogP contribution in [0.15, 0.2) is 23.0 Å². The predicted octanol–water partition coefficient (Wildman–Crippen LogP) is 2.21. The largest absolute Gasteiger partial charge is 0.497 e. The van der Waals surface area contributed by atoms with Gasteiger partial charge in [0.2, 0.25) is 0 Å². The Morgan fingerprint density at radius 2 is 1.73 bits per heavy atom. The zero-order valence-electron chi connectivity index (χ0n) is 14.1. The smallest absolute Gasteiger partial charge is 0.399 e. The monoisotopic (exact) mass is 302 g/mol. The predicted molar refractivity (Wildman–Crippen MR) is 88.7 cm³/mol. The van der Waals surface area contributed by atoms with Crippen LogP contribution >= 0.6 is 0 Å². The highest BCUT2D eigenvalue weighted by Crippen LogP contribution is 2.36. The number of imidazole rings is 1. The van der Waals surface area contributed by atoms with Crippen molar-refractivity contribution in [1.29, 1.82) is 0 Å². The van der Waals surface area contributed by atoms with Crippen LogP contribution in [0.4, 0.5) is 0 Å². The van der Waals surface area contributed by atoms with Crippen LogP contribution in [-0.4, -0.2) is 27.9 Å². The van der Waals surface area contributed by atoms with Gasteiger partial charge in [-0.15, -0.1) is 0 Å². The number of hydrogen-bond donors (Lipinski definition) is 1. The average Bonchev–Trinajstić information content (AvgIpc) is 2.82. The molecule has 1 aliphatic heterocycles. The molecule has 0 atom stereocenters. The summed E-state index contributed by atoms with van der Waals surface area (Å²) in [5, 5.41) is 0. The SMILES string of the molecule is CC(C)n1c(=O)[nH]c2c(B3OC(C)(C)C(C)(C)O3)cccc21. The molecule has 3 rings (SSSR count). The Bertz CT molecular complexity index is 757. The maximum atomic E-state index is 12.2. The minimum atomic E-state index is -0.479. The fraction of sp³-hybridized carbons (Fsp3) is 0.562. The first kappa shape index (κ1) is 15.4. The topological polar surface area (TPSA) is 56.2 Å². The van der Waals surface area contributed by atoms with E-state index < -0.39 is 18.3 Å². The third-order valence-electron chi connectivity index (χ3n) is 4.81. The first-order chi connectivity index (χ1) is 10.1. The van der Waals surface area contributed by atoms with Gasteiger partial charge in [0, 0.05) is 11.5 Å². The van der Waals surface area contributed by atoms with Crippen LogP contribution in [-0.2, 0) is 9.31 Å². The molecule has 1 aromatic carbocycles. The zero-order chi connectivity index (χ0) is 16.3. The van der Waals surface area contributed by atoms with Crippen LogP contribution in [0.1, 0.15) is 47.6 Å². The second-order valence-corrected chi connectivity index (χ2v) is 7.22. The van der Waals surface area contributed by atoms with Gasteiger partial charge in [0.1, 0.15) is 0 Å². The van der Waals surface area contributed by atoms with Crippen LogP contribution in [0, 0.1) is 0 Å². The third kappa shape index (κ3) is 2.13. The molecule has 0 amide bonds. The molecule has 1 aromatic heterocycles. The van der Waals surface area contributed by atoms with E-state index in [-0.39, 0.29) is 11.7 Å². The maximum absolute atomic E-state index is 12.2. The van der Waals surface area contributed by atoms with Gasteiger partial charge in [-0.3, -0.25) is 4.57 Å². The summed E-state index contributed by atoms with van der Waals surface area (Å²) >= 11 is 0. The first-order valence-corrected chi connectivity index (χ1v) is 7.73. The number of H-pyrrole nitrogens is 1. The summed E-state index contributed by atoms with van der Waals surface area (Å²) in [6.07, 6.45) is 0. The molecule has 0 saturated carbocycles. The zero-order valence-corrected chi connectivity index (χ0v) is 14.1. The molecule has 2 heterocycles. The number of nitrogens with one attached hydrogen (secondary N) is 1. The molecule has 0 aliphatic carbocycles. The van der Waals surface area contributed by atoms with Crippen molar-refractivity contribution in [2.75, 3.05) is 0 Å². The van der Waals surface area contributed by atoms with E-state index in [1.807, 2.05) is 59.7 Å². The van der Waals surface area contributed by atoms with Gasteiger partial charge >= 0.3 is 12.8 Å². The Hall–Kier alpha value is -1.53. The molecule has 1 N–H and O–H groups in total. The lowest BCUT2D eigenvalue weighted by atomic mass is 9.78. The van der Waals surface area contributed by atoms with E-state index >= 15 is 0 Å². The molecule has 0 radical (unpaired) electrons. The Kier molecular flexibility index (Phi) is 3.31. The van der Waals surface area contributed by atoms with Crippen LogP contribution in [0.3, 0.4) is 0 Å². The van der Waals surface area contributed by atoms with Crippen molar-refractivity contribution >= 4 is 23.6 Å². The first-order valence-electron chi connectivity index (χ1n) is 7.73. The number of aromatic amines is 1. The van der Waals surface area contributed by atoms with Crippen molar-refractivity contribution in [2.24, 2.45) is 0 Å². The second kappa shape index (κ2) is 4.73. The van der Waals surface area contributed by atoms with Crippen molar-refractivity contribution < 1.29 is 9.31 Å². The highest BCUT2D eigenvalue weighted by atomic mass is 16.7. The van der Waals surface area contributed by atoms with Gasteiger partial charge < -0.3 is 14.3 Å². The van der Waals surface area contributed by atoms with E-state index in [9.17, 15) is 4.79 Å². The number of nitrogens with zero attached hydrogens (tertiary/aromatic N) is 1. The summed E-state index contributed by atoms with van der Waals surface area (Å²) in [6.45, 7) is 12.1. The van der Waals surface area contributed by atoms with Crippen LogP contribution < -0.4 is 11.2 Å². The molecule has 6 heteroatoms. The van der Waals surface area contributed by atoms with E-state index in [2.05, 4.69) is 4.98 Å². The summed E-state index contributed by atoms with van der Waals surface area (Å²) in [5.74, 6) is 0. The normalized spacial score (nSPS) is 20.2. The number of aromatic nitrogens is 2. The highest BCUT2D eigenvalue weighted by Gasteiger charge is 2.52.